The fraction of sp³-hybridized carbons (Fsp3) is 0.588. The molecule has 0 aromatic carbocycles. The monoisotopic (exact) mass is 315 g/mol. The summed E-state index contributed by atoms with van der Waals surface area (Å²) in [6.45, 7) is 9.28. The summed E-state index contributed by atoms with van der Waals surface area (Å²) in [5, 5.41) is 11.7. The number of rotatable bonds is 5. The molecular formula is C17H25N5O. The van der Waals surface area contributed by atoms with Gasteiger partial charge in [0.1, 0.15) is 0 Å². The minimum atomic E-state index is 0.0889. The topological polar surface area (TPSA) is 67.1 Å². The highest BCUT2D eigenvalue weighted by molar-refractivity contribution is 5.03. The Kier molecular flexibility index (Phi) is 5.03. The van der Waals surface area contributed by atoms with Gasteiger partial charge in [-0.05, 0) is 31.4 Å². The molecule has 3 unspecified atom stereocenters. The average Bonchev–Trinajstić information content (AvgIpc) is 2.98. The molecular weight excluding hydrogens is 290 g/mol. The molecule has 0 bridgehead atoms. The van der Waals surface area contributed by atoms with Crippen LogP contribution in [0.1, 0.15) is 43.8 Å². The van der Waals surface area contributed by atoms with E-state index in [1.165, 1.54) is 0 Å². The fourth-order valence-electron chi connectivity index (χ4n) is 3.22. The lowest BCUT2D eigenvalue weighted by Crippen LogP contribution is -2.48. The third-order valence-electron chi connectivity index (χ3n) is 4.48. The molecule has 23 heavy (non-hydrogen) atoms. The zero-order valence-corrected chi connectivity index (χ0v) is 14.1. The number of nitrogens with one attached hydrogen (secondary N) is 1. The summed E-state index contributed by atoms with van der Waals surface area (Å²) in [6, 6.07) is 6.66. The highest BCUT2D eigenvalue weighted by atomic mass is 16.4. The Morgan fingerprint density at radius 2 is 2.26 bits per heavy atom. The van der Waals surface area contributed by atoms with Gasteiger partial charge >= 0.3 is 0 Å². The van der Waals surface area contributed by atoms with Gasteiger partial charge in [-0.15, -0.1) is 10.2 Å². The number of piperidine rings is 1. The Hall–Kier alpha value is -1.79. The molecule has 124 valence electrons. The molecule has 1 saturated heterocycles. The van der Waals surface area contributed by atoms with E-state index in [4.69, 9.17) is 4.42 Å². The van der Waals surface area contributed by atoms with Gasteiger partial charge in [-0.3, -0.25) is 9.88 Å². The van der Waals surface area contributed by atoms with Crippen LogP contribution in [0.4, 0.5) is 0 Å². The van der Waals surface area contributed by atoms with Gasteiger partial charge in [-0.2, -0.15) is 0 Å². The van der Waals surface area contributed by atoms with Gasteiger partial charge in [0.2, 0.25) is 11.8 Å². The maximum absolute atomic E-state index is 5.52. The summed E-state index contributed by atoms with van der Waals surface area (Å²) in [7, 11) is 0. The van der Waals surface area contributed by atoms with Gasteiger partial charge in [0.15, 0.2) is 0 Å². The minimum Gasteiger partial charge on any atom is -0.424 e. The zero-order chi connectivity index (χ0) is 16.2. The molecule has 1 N–H and O–H groups in total. The van der Waals surface area contributed by atoms with Crippen molar-refractivity contribution >= 4 is 0 Å². The Bertz CT molecular complexity index is 614. The lowest BCUT2D eigenvalue weighted by Gasteiger charge is -2.38. The molecule has 2 aromatic rings. The number of aryl methyl sites for hydroxylation is 1. The standard InChI is InChI=1S/C17H25N5O/c1-12-10-22(11-15-6-4-5-8-18-15)9-7-16(12)19-13(2)17-21-20-14(3)23-17/h4-6,8,12-13,16,19H,7,9-11H2,1-3H3. The first-order valence-electron chi connectivity index (χ1n) is 8.30. The van der Waals surface area contributed by atoms with E-state index in [2.05, 4.69) is 45.3 Å². The molecule has 0 spiro atoms. The summed E-state index contributed by atoms with van der Waals surface area (Å²) in [4.78, 5) is 6.90. The first-order chi connectivity index (χ1) is 11.1. The van der Waals surface area contributed by atoms with Crippen LogP contribution < -0.4 is 5.32 Å². The molecule has 0 amide bonds. The quantitative estimate of drug-likeness (QED) is 0.913. The second-order valence-electron chi connectivity index (χ2n) is 6.48. The van der Waals surface area contributed by atoms with Gasteiger partial charge in [-0.1, -0.05) is 13.0 Å². The number of aromatic nitrogens is 3. The van der Waals surface area contributed by atoms with Gasteiger partial charge in [-0.25, -0.2) is 0 Å². The largest absolute Gasteiger partial charge is 0.424 e. The molecule has 0 saturated carbocycles. The van der Waals surface area contributed by atoms with Crippen molar-refractivity contribution in [3.8, 4) is 0 Å². The molecule has 3 rings (SSSR count). The van der Waals surface area contributed by atoms with E-state index < -0.39 is 0 Å². The van der Waals surface area contributed by atoms with Crippen LogP contribution in [-0.4, -0.2) is 39.2 Å². The molecule has 3 heterocycles. The zero-order valence-electron chi connectivity index (χ0n) is 14.1. The van der Waals surface area contributed by atoms with Crippen molar-refractivity contribution in [1.82, 2.24) is 25.4 Å². The predicted molar refractivity (Wildman–Crippen MR) is 87.7 cm³/mol. The summed E-state index contributed by atoms with van der Waals surface area (Å²) in [6.07, 6.45) is 2.98. The Balaban J connectivity index is 1.52. The summed E-state index contributed by atoms with van der Waals surface area (Å²) in [5.74, 6) is 1.86. The molecule has 0 aliphatic carbocycles. The maximum Gasteiger partial charge on any atom is 0.233 e. The van der Waals surface area contributed by atoms with Crippen molar-refractivity contribution in [3.63, 3.8) is 0 Å². The molecule has 2 aromatic heterocycles. The maximum atomic E-state index is 5.52. The van der Waals surface area contributed by atoms with E-state index in [9.17, 15) is 0 Å². The van der Waals surface area contributed by atoms with Crippen molar-refractivity contribution in [1.29, 1.82) is 0 Å². The summed E-state index contributed by atoms with van der Waals surface area (Å²) >= 11 is 0. The van der Waals surface area contributed by atoms with Crippen LogP contribution in [0.15, 0.2) is 28.8 Å². The molecule has 1 aliphatic heterocycles. The van der Waals surface area contributed by atoms with Crippen LogP contribution in [0.25, 0.3) is 0 Å². The van der Waals surface area contributed by atoms with Gasteiger partial charge < -0.3 is 9.73 Å². The number of nitrogens with zero attached hydrogens (tertiary/aromatic N) is 4. The Morgan fingerprint density at radius 3 is 2.91 bits per heavy atom. The van der Waals surface area contributed by atoms with Crippen molar-refractivity contribution < 1.29 is 4.42 Å². The lowest BCUT2D eigenvalue weighted by atomic mass is 9.93. The van der Waals surface area contributed by atoms with E-state index in [1.54, 1.807) is 0 Å². The predicted octanol–water partition coefficient (Wildman–Crippen LogP) is 2.33. The van der Waals surface area contributed by atoms with Crippen molar-refractivity contribution in [3.05, 3.63) is 41.9 Å². The van der Waals surface area contributed by atoms with Gasteiger partial charge in [0.05, 0.1) is 11.7 Å². The fourth-order valence-corrected chi connectivity index (χ4v) is 3.22. The number of pyridine rings is 1. The van der Waals surface area contributed by atoms with Crippen LogP contribution in [-0.2, 0) is 6.54 Å². The van der Waals surface area contributed by atoms with E-state index >= 15 is 0 Å². The minimum absolute atomic E-state index is 0.0889. The van der Waals surface area contributed by atoms with Crippen LogP contribution in [0, 0.1) is 12.8 Å². The van der Waals surface area contributed by atoms with Crippen molar-refractivity contribution in [2.24, 2.45) is 5.92 Å². The van der Waals surface area contributed by atoms with Crippen LogP contribution >= 0.6 is 0 Å². The van der Waals surface area contributed by atoms with E-state index in [0.717, 1.165) is 31.7 Å². The van der Waals surface area contributed by atoms with Gasteiger partial charge in [0.25, 0.3) is 0 Å². The number of hydrogen-bond acceptors (Lipinski definition) is 6. The summed E-state index contributed by atoms with van der Waals surface area (Å²) < 4.78 is 5.52. The second-order valence-corrected chi connectivity index (χ2v) is 6.48. The molecule has 6 nitrogen and oxygen atoms in total. The average molecular weight is 315 g/mol. The molecule has 1 aliphatic rings. The third kappa shape index (κ3) is 4.14. The van der Waals surface area contributed by atoms with Crippen LogP contribution in [0.5, 0.6) is 0 Å². The normalized spacial score (nSPS) is 23.8. The SMILES string of the molecule is Cc1nnc(C(C)NC2CCN(Cc3ccccn3)CC2C)o1. The van der Waals surface area contributed by atoms with Crippen molar-refractivity contribution in [2.75, 3.05) is 13.1 Å². The molecule has 3 atom stereocenters. The van der Waals surface area contributed by atoms with E-state index in [1.807, 2.05) is 25.3 Å². The lowest BCUT2D eigenvalue weighted by molar-refractivity contribution is 0.131. The van der Waals surface area contributed by atoms with Crippen LogP contribution in [0.2, 0.25) is 0 Å². The number of likely N-dealkylation sites (tertiary alicyclic amines) is 1. The highest BCUT2D eigenvalue weighted by Crippen LogP contribution is 2.21. The van der Waals surface area contributed by atoms with E-state index in [0.29, 0.717) is 23.7 Å². The van der Waals surface area contributed by atoms with E-state index in [-0.39, 0.29) is 6.04 Å². The summed E-state index contributed by atoms with van der Waals surface area (Å²) in [5.41, 5.74) is 1.14. The van der Waals surface area contributed by atoms with Crippen LogP contribution in [0.3, 0.4) is 0 Å². The molecule has 1 fully saturated rings. The molecule has 0 radical (unpaired) electrons. The van der Waals surface area contributed by atoms with Crippen molar-refractivity contribution in [2.45, 2.75) is 45.8 Å². The number of hydrogen-bond donors (Lipinski definition) is 1. The first kappa shape index (κ1) is 16.1. The highest BCUT2D eigenvalue weighted by Gasteiger charge is 2.28. The Labute approximate surface area is 137 Å². The van der Waals surface area contributed by atoms with Gasteiger partial charge in [0, 0.05) is 38.8 Å². The Morgan fingerprint density at radius 1 is 1.39 bits per heavy atom. The second kappa shape index (κ2) is 7.19. The third-order valence-corrected chi connectivity index (χ3v) is 4.48. The molecule has 6 heteroatoms. The first-order valence-corrected chi connectivity index (χ1v) is 8.30. The smallest absolute Gasteiger partial charge is 0.233 e.